The highest BCUT2D eigenvalue weighted by atomic mass is 16.5. The van der Waals surface area contributed by atoms with Gasteiger partial charge in [0.15, 0.2) is 0 Å². The number of carbonyl (C=O) groups excluding carboxylic acids is 1. The minimum Gasteiger partial charge on any atom is -0.383 e. The monoisotopic (exact) mass is 289 g/mol. The Morgan fingerprint density at radius 1 is 1.20 bits per heavy atom. The summed E-state index contributed by atoms with van der Waals surface area (Å²) in [5.41, 5.74) is 5.60. The molecule has 0 aliphatic rings. The maximum Gasteiger partial charge on any atom is 0.222 e. The van der Waals surface area contributed by atoms with Gasteiger partial charge < -0.3 is 20.5 Å². The lowest BCUT2D eigenvalue weighted by molar-refractivity contribution is -0.123. The standard InChI is InChI=1S/C14H31N3O3/c1-14(2,3)16-13(18)10-12(11-15)17(6-8-19-4)7-9-20-5/h12H,6-11,15H2,1-5H3,(H,16,18). The van der Waals surface area contributed by atoms with Crippen LogP contribution in [0.4, 0.5) is 0 Å². The number of hydrogen-bond donors (Lipinski definition) is 2. The zero-order valence-electron chi connectivity index (χ0n) is 13.6. The van der Waals surface area contributed by atoms with Gasteiger partial charge in [0.1, 0.15) is 0 Å². The molecule has 0 aliphatic carbocycles. The van der Waals surface area contributed by atoms with Crippen molar-refractivity contribution in [1.29, 1.82) is 0 Å². The van der Waals surface area contributed by atoms with Crippen LogP contribution in [0.15, 0.2) is 0 Å². The fourth-order valence-corrected chi connectivity index (χ4v) is 1.94. The van der Waals surface area contributed by atoms with Crippen molar-refractivity contribution in [3.05, 3.63) is 0 Å². The maximum atomic E-state index is 12.0. The molecule has 6 nitrogen and oxygen atoms in total. The van der Waals surface area contributed by atoms with Crippen LogP contribution < -0.4 is 11.1 Å². The molecule has 0 radical (unpaired) electrons. The molecule has 0 saturated heterocycles. The van der Waals surface area contributed by atoms with Crippen molar-refractivity contribution >= 4 is 5.91 Å². The van der Waals surface area contributed by atoms with Gasteiger partial charge in [-0.05, 0) is 20.8 Å². The molecule has 0 bridgehead atoms. The Kier molecular flexibility index (Phi) is 9.75. The lowest BCUT2D eigenvalue weighted by Gasteiger charge is -2.31. The molecule has 0 aliphatic heterocycles. The fourth-order valence-electron chi connectivity index (χ4n) is 1.94. The summed E-state index contributed by atoms with van der Waals surface area (Å²) in [6, 6.07) is 0.00245. The van der Waals surface area contributed by atoms with Gasteiger partial charge in [-0.25, -0.2) is 0 Å². The van der Waals surface area contributed by atoms with E-state index in [-0.39, 0.29) is 17.5 Å². The number of nitrogens with two attached hydrogens (primary N) is 1. The molecule has 120 valence electrons. The highest BCUT2D eigenvalue weighted by Gasteiger charge is 2.22. The molecule has 0 aromatic carbocycles. The van der Waals surface area contributed by atoms with Crippen LogP contribution >= 0.6 is 0 Å². The Balaban J connectivity index is 4.50. The summed E-state index contributed by atoms with van der Waals surface area (Å²) < 4.78 is 10.2. The van der Waals surface area contributed by atoms with Gasteiger partial charge in [0.05, 0.1) is 13.2 Å². The molecule has 1 amide bonds. The van der Waals surface area contributed by atoms with Crippen molar-refractivity contribution in [3.63, 3.8) is 0 Å². The van der Waals surface area contributed by atoms with Crippen molar-refractivity contribution in [1.82, 2.24) is 10.2 Å². The zero-order chi connectivity index (χ0) is 15.6. The minimum absolute atomic E-state index is 0.00245. The van der Waals surface area contributed by atoms with Crippen LogP contribution in [0.1, 0.15) is 27.2 Å². The summed E-state index contributed by atoms with van der Waals surface area (Å²) in [4.78, 5) is 14.2. The highest BCUT2D eigenvalue weighted by Crippen LogP contribution is 2.06. The predicted molar refractivity (Wildman–Crippen MR) is 80.7 cm³/mol. The first kappa shape index (κ1) is 19.3. The van der Waals surface area contributed by atoms with E-state index < -0.39 is 0 Å². The van der Waals surface area contributed by atoms with Crippen molar-refractivity contribution in [2.45, 2.75) is 38.8 Å². The quantitative estimate of drug-likeness (QED) is 0.601. The van der Waals surface area contributed by atoms with Crippen molar-refractivity contribution in [2.24, 2.45) is 5.73 Å². The SMILES string of the molecule is COCCN(CCOC)C(CN)CC(=O)NC(C)(C)C. The van der Waals surface area contributed by atoms with Gasteiger partial charge in [0, 0.05) is 51.9 Å². The first-order chi connectivity index (χ1) is 9.34. The molecule has 0 fully saturated rings. The molecule has 0 aromatic rings. The number of ether oxygens (including phenoxy) is 2. The van der Waals surface area contributed by atoms with E-state index in [1.807, 2.05) is 20.8 Å². The predicted octanol–water partition coefficient (Wildman–Crippen LogP) is 0.213. The highest BCUT2D eigenvalue weighted by molar-refractivity contribution is 5.77. The minimum atomic E-state index is -0.222. The van der Waals surface area contributed by atoms with Gasteiger partial charge in [0.25, 0.3) is 0 Å². The number of hydrogen-bond acceptors (Lipinski definition) is 5. The second kappa shape index (κ2) is 10.1. The van der Waals surface area contributed by atoms with Gasteiger partial charge in [0.2, 0.25) is 5.91 Å². The number of nitrogens with one attached hydrogen (secondary N) is 1. The van der Waals surface area contributed by atoms with E-state index in [0.717, 1.165) is 13.1 Å². The first-order valence-electron chi connectivity index (χ1n) is 7.07. The molecule has 0 saturated carbocycles. The molecule has 6 heteroatoms. The summed E-state index contributed by atoms with van der Waals surface area (Å²) in [5, 5.41) is 2.97. The normalized spacial score (nSPS) is 13.6. The maximum absolute atomic E-state index is 12.0. The Hall–Kier alpha value is -0.690. The summed E-state index contributed by atoms with van der Waals surface area (Å²) >= 11 is 0. The molecule has 1 unspecified atom stereocenters. The summed E-state index contributed by atoms with van der Waals surface area (Å²) in [5.74, 6) is 0.0211. The lowest BCUT2D eigenvalue weighted by atomic mass is 10.1. The van der Waals surface area contributed by atoms with Crippen LogP contribution in [-0.2, 0) is 14.3 Å². The van der Waals surface area contributed by atoms with Gasteiger partial charge >= 0.3 is 0 Å². The zero-order valence-corrected chi connectivity index (χ0v) is 13.6. The van der Waals surface area contributed by atoms with E-state index in [2.05, 4.69) is 10.2 Å². The van der Waals surface area contributed by atoms with Gasteiger partial charge in [-0.1, -0.05) is 0 Å². The van der Waals surface area contributed by atoms with Crippen LogP contribution in [0.5, 0.6) is 0 Å². The number of methoxy groups -OCH3 is 2. The van der Waals surface area contributed by atoms with Gasteiger partial charge in [-0.2, -0.15) is 0 Å². The molecule has 0 rings (SSSR count). The number of amides is 1. The van der Waals surface area contributed by atoms with Crippen LogP contribution in [-0.4, -0.2) is 69.5 Å². The van der Waals surface area contributed by atoms with Gasteiger partial charge in [-0.3, -0.25) is 9.69 Å². The van der Waals surface area contributed by atoms with E-state index in [0.29, 0.717) is 26.2 Å². The van der Waals surface area contributed by atoms with E-state index in [1.165, 1.54) is 0 Å². The largest absolute Gasteiger partial charge is 0.383 e. The number of carbonyl (C=O) groups is 1. The summed E-state index contributed by atoms with van der Waals surface area (Å²) in [6.07, 6.45) is 0.390. The summed E-state index contributed by atoms with van der Waals surface area (Å²) in [6.45, 7) is 9.05. The average molecular weight is 289 g/mol. The first-order valence-corrected chi connectivity index (χ1v) is 7.07. The Morgan fingerprint density at radius 3 is 2.05 bits per heavy atom. The summed E-state index contributed by atoms with van der Waals surface area (Å²) in [7, 11) is 3.33. The molecular weight excluding hydrogens is 258 g/mol. The Bertz CT molecular complexity index is 259. The molecular formula is C14H31N3O3. The van der Waals surface area contributed by atoms with Crippen LogP contribution in [0.3, 0.4) is 0 Å². The second-order valence-electron chi connectivity index (χ2n) is 5.91. The van der Waals surface area contributed by atoms with E-state index in [9.17, 15) is 4.79 Å². The third kappa shape index (κ3) is 9.25. The average Bonchev–Trinajstić information content (AvgIpc) is 2.34. The molecule has 1 atom stereocenters. The fraction of sp³-hybridized carbons (Fsp3) is 0.929. The van der Waals surface area contributed by atoms with Gasteiger partial charge in [-0.15, -0.1) is 0 Å². The van der Waals surface area contributed by atoms with Crippen molar-refractivity contribution in [3.8, 4) is 0 Å². The smallest absolute Gasteiger partial charge is 0.222 e. The van der Waals surface area contributed by atoms with Crippen LogP contribution in [0.2, 0.25) is 0 Å². The molecule has 3 N–H and O–H groups in total. The van der Waals surface area contributed by atoms with Crippen molar-refractivity contribution < 1.29 is 14.3 Å². The lowest BCUT2D eigenvalue weighted by Crippen LogP contribution is -2.49. The van der Waals surface area contributed by atoms with E-state index >= 15 is 0 Å². The van der Waals surface area contributed by atoms with Crippen molar-refractivity contribution in [2.75, 3.05) is 47.1 Å². The van der Waals surface area contributed by atoms with Crippen LogP contribution in [0.25, 0.3) is 0 Å². The van der Waals surface area contributed by atoms with E-state index in [1.54, 1.807) is 14.2 Å². The van der Waals surface area contributed by atoms with Crippen LogP contribution in [0, 0.1) is 0 Å². The molecule has 0 aromatic heterocycles. The number of nitrogens with zero attached hydrogens (tertiary/aromatic N) is 1. The molecule has 20 heavy (non-hydrogen) atoms. The Morgan fingerprint density at radius 2 is 1.70 bits per heavy atom. The second-order valence-corrected chi connectivity index (χ2v) is 5.91. The topological polar surface area (TPSA) is 76.8 Å². The molecule has 0 spiro atoms. The number of rotatable bonds is 10. The third-order valence-corrected chi connectivity index (χ3v) is 2.89. The molecule has 0 heterocycles. The Labute approximate surface area is 123 Å². The van der Waals surface area contributed by atoms with E-state index in [4.69, 9.17) is 15.2 Å². The third-order valence-electron chi connectivity index (χ3n) is 2.89.